The molecule has 20 heavy (non-hydrogen) atoms. The van der Waals surface area contributed by atoms with Crippen LogP contribution in [0.3, 0.4) is 0 Å². The van der Waals surface area contributed by atoms with E-state index in [0.29, 0.717) is 6.42 Å². The summed E-state index contributed by atoms with van der Waals surface area (Å²) in [5.74, 6) is -0.304. The molecule has 0 spiro atoms. The van der Waals surface area contributed by atoms with Gasteiger partial charge in [0, 0.05) is 17.5 Å². The minimum Gasteiger partial charge on any atom is -0.289 e. The van der Waals surface area contributed by atoms with E-state index in [1.165, 1.54) is 5.39 Å². The van der Waals surface area contributed by atoms with E-state index in [1.807, 2.05) is 18.2 Å². The minimum absolute atomic E-state index is 0.304. The Kier molecular flexibility index (Phi) is 5.50. The number of para-hydroxylation sites is 1. The van der Waals surface area contributed by atoms with Crippen molar-refractivity contribution in [3.63, 3.8) is 0 Å². The number of pyridine rings is 1. The number of carbonyl (C=O) groups excluding carboxylic acids is 1. The summed E-state index contributed by atoms with van der Waals surface area (Å²) in [4.78, 5) is 15.5. The molecule has 2 N–H and O–H groups in total. The molecule has 0 radical (unpaired) electrons. The maximum Gasteiger partial charge on any atom is 0.243 e. The van der Waals surface area contributed by atoms with Crippen molar-refractivity contribution in [2.75, 3.05) is 0 Å². The molecule has 1 aromatic heterocycles. The second-order valence-corrected chi connectivity index (χ2v) is 4.94. The molecule has 0 unspecified atom stereocenters. The van der Waals surface area contributed by atoms with Crippen LogP contribution in [0.1, 0.15) is 37.8 Å². The Bertz CT molecular complexity index is 569. The highest BCUT2D eigenvalue weighted by molar-refractivity contribution is 5.78. The highest BCUT2D eigenvalue weighted by atomic mass is 16.5. The quantitative estimate of drug-likeness (QED) is 0.462. The van der Waals surface area contributed by atoms with E-state index in [-0.39, 0.29) is 5.91 Å². The van der Waals surface area contributed by atoms with Crippen LogP contribution in [0.2, 0.25) is 0 Å². The van der Waals surface area contributed by atoms with Crippen molar-refractivity contribution in [2.24, 2.45) is 0 Å². The zero-order chi connectivity index (χ0) is 14.2. The molecular weight excluding hydrogens is 252 g/mol. The van der Waals surface area contributed by atoms with Gasteiger partial charge in [-0.2, -0.15) is 0 Å². The van der Waals surface area contributed by atoms with Gasteiger partial charge in [-0.3, -0.25) is 15.0 Å². The summed E-state index contributed by atoms with van der Waals surface area (Å²) < 4.78 is 0. The number of nitrogens with zero attached hydrogens (tertiary/aromatic N) is 1. The van der Waals surface area contributed by atoms with E-state index in [1.54, 1.807) is 5.48 Å². The topological polar surface area (TPSA) is 62.2 Å². The standard InChI is InChI=1S/C16H20N2O2/c19-16(18-20)10-4-2-1-3-8-14-12-11-13-7-5-6-9-15(13)17-14/h5-7,9,11-12,20H,1-4,8,10H2,(H,18,19). The first-order valence-electron chi connectivity index (χ1n) is 7.07. The van der Waals surface area contributed by atoms with E-state index < -0.39 is 0 Å². The molecule has 1 amide bonds. The maximum absolute atomic E-state index is 10.8. The van der Waals surface area contributed by atoms with Gasteiger partial charge in [0.15, 0.2) is 0 Å². The van der Waals surface area contributed by atoms with Gasteiger partial charge >= 0.3 is 0 Å². The second kappa shape index (κ2) is 7.60. The molecule has 1 aromatic carbocycles. The van der Waals surface area contributed by atoms with Crippen LogP contribution in [-0.4, -0.2) is 16.1 Å². The highest BCUT2D eigenvalue weighted by Crippen LogP contribution is 2.14. The van der Waals surface area contributed by atoms with Gasteiger partial charge in [0.05, 0.1) is 5.52 Å². The average Bonchev–Trinajstić information content (AvgIpc) is 2.50. The Morgan fingerprint density at radius 2 is 1.85 bits per heavy atom. The first-order valence-corrected chi connectivity index (χ1v) is 7.07. The van der Waals surface area contributed by atoms with Crippen LogP contribution in [0.15, 0.2) is 36.4 Å². The van der Waals surface area contributed by atoms with Crippen LogP contribution in [-0.2, 0) is 11.2 Å². The normalized spacial score (nSPS) is 10.7. The fraction of sp³-hybridized carbons (Fsp3) is 0.375. The molecule has 0 aliphatic carbocycles. The van der Waals surface area contributed by atoms with Gasteiger partial charge in [0.2, 0.25) is 5.91 Å². The van der Waals surface area contributed by atoms with Crippen molar-refractivity contribution >= 4 is 16.8 Å². The lowest BCUT2D eigenvalue weighted by Crippen LogP contribution is -2.17. The van der Waals surface area contributed by atoms with Gasteiger partial charge in [0.1, 0.15) is 0 Å². The molecule has 0 fully saturated rings. The highest BCUT2D eigenvalue weighted by Gasteiger charge is 2.00. The summed E-state index contributed by atoms with van der Waals surface area (Å²) in [7, 11) is 0. The largest absolute Gasteiger partial charge is 0.289 e. The SMILES string of the molecule is O=C(CCCCCCc1ccc2ccccc2n1)NO. The predicted molar refractivity (Wildman–Crippen MR) is 78.5 cm³/mol. The zero-order valence-electron chi connectivity index (χ0n) is 11.5. The van der Waals surface area contributed by atoms with Crippen molar-refractivity contribution in [1.82, 2.24) is 10.5 Å². The molecule has 1 heterocycles. The molecular formula is C16H20N2O2. The third-order valence-corrected chi connectivity index (χ3v) is 3.37. The summed E-state index contributed by atoms with van der Waals surface area (Å²) in [6, 6.07) is 12.3. The first-order chi connectivity index (χ1) is 9.79. The molecule has 0 saturated heterocycles. The molecule has 106 valence electrons. The number of benzene rings is 1. The molecule has 4 nitrogen and oxygen atoms in total. The van der Waals surface area contributed by atoms with Crippen LogP contribution in [0.4, 0.5) is 0 Å². The van der Waals surface area contributed by atoms with Gasteiger partial charge in [0.25, 0.3) is 0 Å². The van der Waals surface area contributed by atoms with E-state index in [9.17, 15) is 4.79 Å². The summed E-state index contributed by atoms with van der Waals surface area (Å²) in [6.07, 6.45) is 5.33. The lowest BCUT2D eigenvalue weighted by Gasteiger charge is -2.03. The second-order valence-electron chi connectivity index (χ2n) is 4.94. The van der Waals surface area contributed by atoms with Crippen LogP contribution >= 0.6 is 0 Å². The fourth-order valence-electron chi connectivity index (χ4n) is 2.25. The monoisotopic (exact) mass is 272 g/mol. The Hall–Kier alpha value is -1.94. The van der Waals surface area contributed by atoms with Gasteiger partial charge in [-0.25, -0.2) is 5.48 Å². The van der Waals surface area contributed by atoms with Crippen molar-refractivity contribution in [2.45, 2.75) is 38.5 Å². The first kappa shape index (κ1) is 14.5. The smallest absolute Gasteiger partial charge is 0.243 e. The van der Waals surface area contributed by atoms with Gasteiger partial charge in [-0.1, -0.05) is 37.1 Å². The van der Waals surface area contributed by atoms with Gasteiger partial charge in [-0.05, 0) is 31.4 Å². The molecule has 4 heteroatoms. The number of carbonyl (C=O) groups is 1. The maximum atomic E-state index is 10.8. The van der Waals surface area contributed by atoms with Crippen molar-refractivity contribution < 1.29 is 10.0 Å². The molecule has 2 rings (SSSR count). The Morgan fingerprint density at radius 3 is 2.70 bits per heavy atom. The van der Waals surface area contributed by atoms with Crippen LogP contribution in [0.25, 0.3) is 10.9 Å². The van der Waals surface area contributed by atoms with Crippen LogP contribution < -0.4 is 5.48 Å². The lowest BCUT2D eigenvalue weighted by atomic mass is 10.1. The van der Waals surface area contributed by atoms with Gasteiger partial charge in [-0.15, -0.1) is 0 Å². The number of hydrogen-bond donors (Lipinski definition) is 2. The van der Waals surface area contributed by atoms with Crippen molar-refractivity contribution in [3.8, 4) is 0 Å². The van der Waals surface area contributed by atoms with Crippen LogP contribution in [0, 0.1) is 0 Å². The number of hydroxylamine groups is 1. The number of amides is 1. The fourth-order valence-corrected chi connectivity index (χ4v) is 2.25. The number of unbranched alkanes of at least 4 members (excludes halogenated alkanes) is 3. The Labute approximate surface area is 118 Å². The average molecular weight is 272 g/mol. The summed E-state index contributed by atoms with van der Waals surface area (Å²) in [5.41, 5.74) is 3.82. The van der Waals surface area contributed by atoms with E-state index >= 15 is 0 Å². The predicted octanol–water partition coefficient (Wildman–Crippen LogP) is 3.23. The van der Waals surface area contributed by atoms with Gasteiger partial charge < -0.3 is 0 Å². The number of rotatable bonds is 7. The Balaban J connectivity index is 1.72. The number of aromatic nitrogens is 1. The van der Waals surface area contributed by atoms with Crippen molar-refractivity contribution in [3.05, 3.63) is 42.1 Å². The van der Waals surface area contributed by atoms with E-state index in [4.69, 9.17) is 5.21 Å². The van der Waals surface area contributed by atoms with E-state index in [2.05, 4.69) is 23.2 Å². The molecule has 0 saturated carbocycles. The lowest BCUT2D eigenvalue weighted by molar-refractivity contribution is -0.129. The summed E-state index contributed by atoms with van der Waals surface area (Å²) in [5, 5.41) is 9.54. The van der Waals surface area contributed by atoms with E-state index in [0.717, 1.165) is 43.3 Å². The number of aryl methyl sites for hydroxylation is 1. The molecule has 0 aliphatic rings. The van der Waals surface area contributed by atoms with Crippen LogP contribution in [0.5, 0.6) is 0 Å². The third-order valence-electron chi connectivity index (χ3n) is 3.37. The molecule has 0 bridgehead atoms. The number of hydrogen-bond acceptors (Lipinski definition) is 3. The molecule has 2 aromatic rings. The third kappa shape index (κ3) is 4.31. The number of nitrogens with one attached hydrogen (secondary N) is 1. The minimum atomic E-state index is -0.304. The zero-order valence-corrected chi connectivity index (χ0v) is 11.5. The summed E-state index contributed by atoms with van der Waals surface area (Å²) in [6.45, 7) is 0. The number of fused-ring (bicyclic) bond motifs is 1. The van der Waals surface area contributed by atoms with Crippen molar-refractivity contribution in [1.29, 1.82) is 0 Å². The Morgan fingerprint density at radius 1 is 1.05 bits per heavy atom. The summed E-state index contributed by atoms with van der Waals surface area (Å²) >= 11 is 0. The molecule has 0 atom stereocenters. The molecule has 0 aliphatic heterocycles.